The SMILES string of the molecule is CC(C)(CCO)NCc1ccsc1. The van der Waals surface area contributed by atoms with Gasteiger partial charge in [0.15, 0.2) is 0 Å². The van der Waals surface area contributed by atoms with E-state index in [0.29, 0.717) is 0 Å². The molecule has 1 aromatic rings. The lowest BCUT2D eigenvalue weighted by molar-refractivity contribution is 0.230. The van der Waals surface area contributed by atoms with Gasteiger partial charge in [-0.3, -0.25) is 0 Å². The van der Waals surface area contributed by atoms with Crippen molar-refractivity contribution in [2.75, 3.05) is 6.61 Å². The van der Waals surface area contributed by atoms with Crippen LogP contribution in [0.4, 0.5) is 0 Å². The molecule has 0 bridgehead atoms. The van der Waals surface area contributed by atoms with Crippen molar-refractivity contribution >= 4 is 11.3 Å². The van der Waals surface area contributed by atoms with Crippen LogP contribution in [0.2, 0.25) is 0 Å². The minimum Gasteiger partial charge on any atom is -0.396 e. The standard InChI is InChI=1S/C10H17NOS/c1-10(2,4-5-12)11-7-9-3-6-13-8-9/h3,6,8,11-12H,4-5,7H2,1-2H3. The Morgan fingerprint density at radius 3 is 2.85 bits per heavy atom. The summed E-state index contributed by atoms with van der Waals surface area (Å²) in [5, 5.41) is 16.5. The summed E-state index contributed by atoms with van der Waals surface area (Å²) in [5.74, 6) is 0. The Hall–Kier alpha value is -0.380. The zero-order chi connectivity index (χ0) is 9.73. The smallest absolute Gasteiger partial charge is 0.0448 e. The number of thiophene rings is 1. The molecule has 1 rings (SSSR count). The van der Waals surface area contributed by atoms with Gasteiger partial charge in [-0.05, 0) is 42.7 Å². The zero-order valence-electron chi connectivity index (χ0n) is 8.21. The summed E-state index contributed by atoms with van der Waals surface area (Å²) in [4.78, 5) is 0. The molecule has 1 aromatic heterocycles. The molecule has 0 aliphatic carbocycles. The Balaban J connectivity index is 2.33. The molecule has 74 valence electrons. The molecule has 0 atom stereocenters. The average Bonchev–Trinajstić information content (AvgIpc) is 2.52. The van der Waals surface area contributed by atoms with Crippen LogP contribution in [0.15, 0.2) is 16.8 Å². The molecule has 0 aromatic carbocycles. The minimum absolute atomic E-state index is 0.0245. The highest BCUT2D eigenvalue weighted by atomic mass is 32.1. The van der Waals surface area contributed by atoms with Crippen molar-refractivity contribution in [1.29, 1.82) is 0 Å². The van der Waals surface area contributed by atoms with Gasteiger partial charge in [0.25, 0.3) is 0 Å². The lowest BCUT2D eigenvalue weighted by Gasteiger charge is -2.25. The molecule has 0 aliphatic rings. The first-order valence-corrected chi connectivity index (χ1v) is 5.45. The summed E-state index contributed by atoms with van der Waals surface area (Å²) in [6, 6.07) is 2.12. The van der Waals surface area contributed by atoms with Gasteiger partial charge in [0.2, 0.25) is 0 Å². The highest BCUT2D eigenvalue weighted by molar-refractivity contribution is 7.07. The van der Waals surface area contributed by atoms with Crippen LogP contribution in [0.3, 0.4) is 0 Å². The lowest BCUT2D eigenvalue weighted by Crippen LogP contribution is -2.39. The van der Waals surface area contributed by atoms with Gasteiger partial charge >= 0.3 is 0 Å². The molecule has 0 aliphatic heterocycles. The van der Waals surface area contributed by atoms with Gasteiger partial charge in [0, 0.05) is 18.7 Å². The summed E-state index contributed by atoms with van der Waals surface area (Å²) in [6.45, 7) is 5.34. The number of hydrogen-bond donors (Lipinski definition) is 2. The van der Waals surface area contributed by atoms with Gasteiger partial charge in [0.05, 0.1) is 0 Å². The van der Waals surface area contributed by atoms with Crippen molar-refractivity contribution in [2.24, 2.45) is 0 Å². The highest BCUT2D eigenvalue weighted by Gasteiger charge is 2.15. The Kier molecular flexibility index (Phi) is 3.90. The Morgan fingerprint density at radius 2 is 2.31 bits per heavy atom. The fourth-order valence-corrected chi connectivity index (χ4v) is 1.77. The molecule has 0 fully saturated rings. The number of hydrogen-bond acceptors (Lipinski definition) is 3. The van der Waals surface area contributed by atoms with E-state index in [1.165, 1.54) is 5.56 Å². The van der Waals surface area contributed by atoms with Crippen LogP contribution in [-0.4, -0.2) is 17.3 Å². The molecule has 2 nitrogen and oxygen atoms in total. The van der Waals surface area contributed by atoms with Gasteiger partial charge in [-0.1, -0.05) is 0 Å². The molecule has 13 heavy (non-hydrogen) atoms. The first-order valence-electron chi connectivity index (χ1n) is 4.51. The van der Waals surface area contributed by atoms with Crippen molar-refractivity contribution in [3.05, 3.63) is 22.4 Å². The quantitative estimate of drug-likeness (QED) is 0.760. The van der Waals surface area contributed by atoms with E-state index < -0.39 is 0 Å². The molecule has 0 radical (unpaired) electrons. The van der Waals surface area contributed by atoms with Gasteiger partial charge in [-0.2, -0.15) is 11.3 Å². The summed E-state index contributed by atoms with van der Waals surface area (Å²) in [7, 11) is 0. The number of aliphatic hydroxyl groups is 1. The second-order valence-electron chi connectivity index (χ2n) is 3.84. The molecular formula is C10H17NOS. The molecule has 0 saturated carbocycles. The maximum absolute atomic E-state index is 8.82. The predicted molar refractivity (Wildman–Crippen MR) is 56.9 cm³/mol. The summed E-state index contributed by atoms with van der Waals surface area (Å²) in [6.07, 6.45) is 0.789. The van der Waals surface area contributed by atoms with E-state index >= 15 is 0 Å². The van der Waals surface area contributed by atoms with E-state index in [1.807, 2.05) is 0 Å². The monoisotopic (exact) mass is 199 g/mol. The maximum atomic E-state index is 8.82. The van der Waals surface area contributed by atoms with E-state index in [-0.39, 0.29) is 12.1 Å². The van der Waals surface area contributed by atoms with Crippen LogP contribution >= 0.6 is 11.3 Å². The van der Waals surface area contributed by atoms with E-state index in [1.54, 1.807) is 11.3 Å². The third kappa shape index (κ3) is 3.89. The summed E-state index contributed by atoms with van der Waals surface area (Å²) >= 11 is 1.71. The molecule has 0 spiro atoms. The van der Waals surface area contributed by atoms with Crippen LogP contribution in [0, 0.1) is 0 Å². The van der Waals surface area contributed by atoms with Crippen molar-refractivity contribution in [3.63, 3.8) is 0 Å². The molecule has 3 heteroatoms. The zero-order valence-corrected chi connectivity index (χ0v) is 9.03. The molecule has 0 saturated heterocycles. The predicted octanol–water partition coefficient (Wildman–Crippen LogP) is 2.00. The number of aliphatic hydroxyl groups excluding tert-OH is 1. The van der Waals surface area contributed by atoms with Crippen molar-refractivity contribution in [2.45, 2.75) is 32.4 Å². The fourth-order valence-electron chi connectivity index (χ4n) is 1.10. The summed E-state index contributed by atoms with van der Waals surface area (Å²) < 4.78 is 0. The minimum atomic E-state index is 0.0245. The first-order chi connectivity index (χ1) is 6.14. The van der Waals surface area contributed by atoms with Crippen LogP contribution in [0.5, 0.6) is 0 Å². The molecular weight excluding hydrogens is 182 g/mol. The van der Waals surface area contributed by atoms with Gasteiger partial charge < -0.3 is 10.4 Å². The Morgan fingerprint density at radius 1 is 1.54 bits per heavy atom. The topological polar surface area (TPSA) is 32.3 Å². The summed E-state index contributed by atoms with van der Waals surface area (Å²) in [5.41, 5.74) is 1.34. The van der Waals surface area contributed by atoms with E-state index in [2.05, 4.69) is 36.0 Å². The average molecular weight is 199 g/mol. The van der Waals surface area contributed by atoms with Crippen LogP contribution in [0.1, 0.15) is 25.8 Å². The molecule has 2 N–H and O–H groups in total. The van der Waals surface area contributed by atoms with E-state index in [0.717, 1.165) is 13.0 Å². The van der Waals surface area contributed by atoms with Crippen molar-refractivity contribution in [1.82, 2.24) is 5.32 Å². The van der Waals surface area contributed by atoms with Crippen LogP contribution < -0.4 is 5.32 Å². The largest absolute Gasteiger partial charge is 0.396 e. The first kappa shape index (κ1) is 10.7. The Bertz CT molecular complexity index is 231. The second-order valence-corrected chi connectivity index (χ2v) is 4.62. The van der Waals surface area contributed by atoms with Crippen molar-refractivity contribution in [3.8, 4) is 0 Å². The number of nitrogens with one attached hydrogen (secondary N) is 1. The molecule has 0 unspecified atom stereocenters. The van der Waals surface area contributed by atoms with Gasteiger partial charge in [0.1, 0.15) is 0 Å². The highest BCUT2D eigenvalue weighted by Crippen LogP contribution is 2.11. The third-order valence-electron chi connectivity index (χ3n) is 2.09. The van der Waals surface area contributed by atoms with Crippen LogP contribution in [-0.2, 0) is 6.54 Å². The molecule has 1 heterocycles. The van der Waals surface area contributed by atoms with Crippen molar-refractivity contribution < 1.29 is 5.11 Å². The maximum Gasteiger partial charge on any atom is 0.0448 e. The molecule has 0 amide bonds. The van der Waals surface area contributed by atoms with E-state index in [9.17, 15) is 0 Å². The third-order valence-corrected chi connectivity index (χ3v) is 2.82. The van der Waals surface area contributed by atoms with E-state index in [4.69, 9.17) is 5.11 Å². The Labute approximate surface area is 83.6 Å². The lowest BCUT2D eigenvalue weighted by atomic mass is 10.0. The van der Waals surface area contributed by atoms with Gasteiger partial charge in [-0.25, -0.2) is 0 Å². The fraction of sp³-hybridized carbons (Fsp3) is 0.600. The second kappa shape index (κ2) is 4.74. The van der Waals surface area contributed by atoms with Gasteiger partial charge in [-0.15, -0.1) is 0 Å². The number of rotatable bonds is 5. The normalized spacial score (nSPS) is 11.9. The van der Waals surface area contributed by atoms with Crippen LogP contribution in [0.25, 0.3) is 0 Å².